The largest absolute Gasteiger partial charge is 0.352 e. The van der Waals surface area contributed by atoms with Crippen LogP contribution in [0.25, 0.3) is 0 Å². The number of benzene rings is 2. The van der Waals surface area contributed by atoms with Gasteiger partial charge >= 0.3 is 0 Å². The molecule has 0 aliphatic heterocycles. The van der Waals surface area contributed by atoms with Gasteiger partial charge in [0.25, 0.3) is 5.69 Å². The van der Waals surface area contributed by atoms with Crippen molar-refractivity contribution in [2.75, 3.05) is 0 Å². The van der Waals surface area contributed by atoms with Crippen molar-refractivity contribution in [3.05, 3.63) is 74.8 Å². The van der Waals surface area contributed by atoms with E-state index in [0.717, 1.165) is 31.2 Å². The molecule has 0 spiro atoms. The number of hydrogen-bond acceptors (Lipinski definition) is 4. The third-order valence-corrected chi connectivity index (χ3v) is 6.13. The van der Waals surface area contributed by atoms with E-state index in [4.69, 9.17) is 11.6 Å². The first-order chi connectivity index (χ1) is 15.3. The normalized spacial score (nSPS) is 15.1. The number of nitro groups is 1. The number of para-hydroxylation sites is 1. The van der Waals surface area contributed by atoms with E-state index in [1.165, 1.54) is 17.4 Å². The van der Waals surface area contributed by atoms with Crippen LogP contribution >= 0.6 is 11.6 Å². The third kappa shape index (κ3) is 6.29. The molecule has 0 aromatic heterocycles. The molecular formula is C24H28ClN3O4. The molecule has 0 bridgehead atoms. The maximum absolute atomic E-state index is 13.3. The smallest absolute Gasteiger partial charge is 0.273 e. The first-order valence-electron chi connectivity index (χ1n) is 10.9. The van der Waals surface area contributed by atoms with Crippen molar-refractivity contribution in [1.82, 2.24) is 10.2 Å². The minimum atomic E-state index is -0.730. The van der Waals surface area contributed by atoms with E-state index in [-0.39, 0.29) is 36.5 Å². The Morgan fingerprint density at radius 1 is 1.16 bits per heavy atom. The summed E-state index contributed by atoms with van der Waals surface area (Å²) in [5, 5.41) is 15.0. The Morgan fingerprint density at radius 3 is 2.56 bits per heavy atom. The highest BCUT2D eigenvalue weighted by Gasteiger charge is 2.29. The third-order valence-electron chi connectivity index (χ3n) is 5.89. The molecule has 1 saturated carbocycles. The lowest BCUT2D eigenvalue weighted by atomic mass is 9.95. The molecule has 8 heteroatoms. The predicted octanol–water partition coefficient (Wildman–Crippen LogP) is 4.66. The molecular weight excluding hydrogens is 430 g/mol. The Bertz CT molecular complexity index is 975. The molecule has 1 atom stereocenters. The van der Waals surface area contributed by atoms with Gasteiger partial charge < -0.3 is 10.2 Å². The molecule has 2 aromatic carbocycles. The Labute approximate surface area is 192 Å². The van der Waals surface area contributed by atoms with E-state index in [2.05, 4.69) is 5.32 Å². The van der Waals surface area contributed by atoms with Crippen LogP contribution in [-0.2, 0) is 22.6 Å². The average Bonchev–Trinajstić information content (AvgIpc) is 2.78. The zero-order chi connectivity index (χ0) is 23.1. The van der Waals surface area contributed by atoms with E-state index in [1.807, 2.05) is 6.07 Å². The summed E-state index contributed by atoms with van der Waals surface area (Å²) in [6, 6.07) is 12.7. The Balaban J connectivity index is 1.81. The summed E-state index contributed by atoms with van der Waals surface area (Å²) in [6.07, 6.45) is 5.06. The van der Waals surface area contributed by atoms with Crippen molar-refractivity contribution in [1.29, 1.82) is 0 Å². The second-order valence-electron chi connectivity index (χ2n) is 8.23. The van der Waals surface area contributed by atoms with Gasteiger partial charge in [0, 0.05) is 29.2 Å². The lowest BCUT2D eigenvalue weighted by Gasteiger charge is -2.31. The maximum atomic E-state index is 13.3. The minimum Gasteiger partial charge on any atom is -0.352 e. The molecule has 0 saturated heterocycles. The Morgan fingerprint density at radius 2 is 1.88 bits per heavy atom. The average molecular weight is 458 g/mol. The number of hydrogen-bond donors (Lipinski definition) is 1. The number of nitro benzene ring substituents is 1. The van der Waals surface area contributed by atoms with Crippen LogP contribution in [0.5, 0.6) is 0 Å². The summed E-state index contributed by atoms with van der Waals surface area (Å²) < 4.78 is 0. The topological polar surface area (TPSA) is 92.6 Å². The molecule has 3 rings (SSSR count). The van der Waals surface area contributed by atoms with Gasteiger partial charge in [0.1, 0.15) is 6.04 Å². The standard InChI is InChI=1S/C24H28ClN3O4/c1-17(24(30)26-21-11-3-2-4-12-21)27(16-18-8-7-10-20(25)14-18)23(29)15-19-9-5-6-13-22(19)28(31)32/h5-10,13-14,17,21H,2-4,11-12,15-16H2,1H3,(H,26,30)/t17-/m1/s1. The zero-order valence-corrected chi connectivity index (χ0v) is 18.9. The van der Waals surface area contributed by atoms with Crippen LogP contribution in [0.15, 0.2) is 48.5 Å². The van der Waals surface area contributed by atoms with Gasteiger partial charge in [-0.1, -0.05) is 61.2 Å². The molecule has 32 heavy (non-hydrogen) atoms. The summed E-state index contributed by atoms with van der Waals surface area (Å²) in [7, 11) is 0. The number of rotatable bonds is 8. The molecule has 7 nitrogen and oxygen atoms in total. The van der Waals surface area contributed by atoms with Crippen LogP contribution in [0.3, 0.4) is 0 Å². The second kappa shape index (κ2) is 11.1. The molecule has 170 valence electrons. The quantitative estimate of drug-likeness (QED) is 0.461. The summed E-state index contributed by atoms with van der Waals surface area (Å²) in [4.78, 5) is 38.7. The molecule has 0 unspecified atom stereocenters. The Kier molecular flexibility index (Phi) is 8.22. The molecule has 2 amide bonds. The summed E-state index contributed by atoms with van der Waals surface area (Å²) >= 11 is 6.11. The fourth-order valence-electron chi connectivity index (χ4n) is 4.09. The van der Waals surface area contributed by atoms with Crippen molar-refractivity contribution in [3.63, 3.8) is 0 Å². The van der Waals surface area contributed by atoms with Crippen LogP contribution < -0.4 is 5.32 Å². The van der Waals surface area contributed by atoms with E-state index >= 15 is 0 Å². The predicted molar refractivity (Wildman–Crippen MR) is 123 cm³/mol. The van der Waals surface area contributed by atoms with Crippen molar-refractivity contribution in [2.45, 2.75) is 64.1 Å². The SMILES string of the molecule is C[C@H](C(=O)NC1CCCCC1)N(Cc1cccc(Cl)c1)C(=O)Cc1ccccc1[N+](=O)[O-]. The lowest BCUT2D eigenvalue weighted by molar-refractivity contribution is -0.385. The number of amides is 2. The van der Waals surface area contributed by atoms with Gasteiger partial charge in [0.05, 0.1) is 11.3 Å². The molecule has 2 aromatic rings. The van der Waals surface area contributed by atoms with Crippen molar-refractivity contribution >= 4 is 29.1 Å². The number of nitrogens with one attached hydrogen (secondary N) is 1. The van der Waals surface area contributed by atoms with Crippen molar-refractivity contribution < 1.29 is 14.5 Å². The van der Waals surface area contributed by atoms with E-state index < -0.39 is 11.0 Å². The number of nitrogens with zero attached hydrogens (tertiary/aromatic N) is 2. The maximum Gasteiger partial charge on any atom is 0.273 e. The van der Waals surface area contributed by atoms with Crippen LogP contribution in [0.4, 0.5) is 5.69 Å². The monoisotopic (exact) mass is 457 g/mol. The van der Waals surface area contributed by atoms with Gasteiger partial charge in [-0.05, 0) is 37.5 Å². The lowest BCUT2D eigenvalue weighted by Crippen LogP contribution is -2.50. The fraction of sp³-hybridized carbons (Fsp3) is 0.417. The number of halogens is 1. The summed E-state index contributed by atoms with van der Waals surface area (Å²) in [5.41, 5.74) is 0.993. The van der Waals surface area contributed by atoms with Crippen LogP contribution in [0.2, 0.25) is 5.02 Å². The molecule has 1 N–H and O–H groups in total. The van der Waals surface area contributed by atoms with Crippen LogP contribution in [0, 0.1) is 10.1 Å². The molecule has 1 aliphatic rings. The minimum absolute atomic E-state index is 0.108. The highest BCUT2D eigenvalue weighted by atomic mass is 35.5. The number of carbonyl (C=O) groups is 2. The van der Waals surface area contributed by atoms with Gasteiger partial charge in [-0.15, -0.1) is 0 Å². The summed E-state index contributed by atoms with van der Waals surface area (Å²) in [5.74, 6) is -0.569. The van der Waals surface area contributed by atoms with Crippen LogP contribution in [0.1, 0.15) is 50.2 Å². The fourth-order valence-corrected chi connectivity index (χ4v) is 4.30. The zero-order valence-electron chi connectivity index (χ0n) is 18.1. The first kappa shape index (κ1) is 23.7. The van der Waals surface area contributed by atoms with Gasteiger partial charge in [-0.3, -0.25) is 19.7 Å². The highest BCUT2D eigenvalue weighted by Crippen LogP contribution is 2.22. The molecule has 1 aliphatic carbocycles. The van der Waals surface area contributed by atoms with Crippen LogP contribution in [-0.4, -0.2) is 33.7 Å². The van der Waals surface area contributed by atoms with Gasteiger partial charge in [0.2, 0.25) is 11.8 Å². The van der Waals surface area contributed by atoms with Gasteiger partial charge in [-0.25, -0.2) is 0 Å². The van der Waals surface area contributed by atoms with Gasteiger partial charge in [0.15, 0.2) is 0 Å². The second-order valence-corrected chi connectivity index (χ2v) is 8.67. The van der Waals surface area contributed by atoms with Crippen molar-refractivity contribution in [3.8, 4) is 0 Å². The highest BCUT2D eigenvalue weighted by molar-refractivity contribution is 6.30. The van der Waals surface area contributed by atoms with E-state index in [0.29, 0.717) is 10.6 Å². The summed E-state index contributed by atoms with van der Waals surface area (Å²) in [6.45, 7) is 1.87. The van der Waals surface area contributed by atoms with E-state index in [1.54, 1.807) is 43.3 Å². The van der Waals surface area contributed by atoms with E-state index in [9.17, 15) is 19.7 Å². The molecule has 1 fully saturated rings. The molecule has 0 radical (unpaired) electrons. The molecule has 0 heterocycles. The first-order valence-corrected chi connectivity index (χ1v) is 11.3. The number of carbonyl (C=O) groups excluding carboxylic acids is 2. The van der Waals surface area contributed by atoms with Gasteiger partial charge in [-0.2, -0.15) is 0 Å². The Hall–Kier alpha value is -2.93. The van der Waals surface area contributed by atoms with Crippen molar-refractivity contribution in [2.24, 2.45) is 0 Å².